The third-order valence-electron chi connectivity index (χ3n) is 2.81. The molecule has 7 heteroatoms. The van der Waals surface area contributed by atoms with Gasteiger partial charge in [-0.1, -0.05) is 30.3 Å². The number of carbonyl (C=O) groups excluding carboxylic acids is 1. The van der Waals surface area contributed by atoms with Crippen molar-refractivity contribution in [2.75, 3.05) is 13.1 Å². The Morgan fingerprint density at radius 2 is 1.86 bits per heavy atom. The SMILES string of the molecule is O=C(O)NCCCNC(=O)c1cc(-c2ccccc2)[nH]n1. The molecule has 0 atom stereocenters. The molecule has 2 amide bonds. The van der Waals surface area contributed by atoms with Gasteiger partial charge in [0.2, 0.25) is 0 Å². The predicted molar refractivity (Wildman–Crippen MR) is 77.0 cm³/mol. The molecule has 4 N–H and O–H groups in total. The average molecular weight is 288 g/mol. The van der Waals surface area contributed by atoms with Crippen molar-refractivity contribution < 1.29 is 14.7 Å². The van der Waals surface area contributed by atoms with E-state index in [1.807, 2.05) is 30.3 Å². The van der Waals surface area contributed by atoms with Gasteiger partial charge < -0.3 is 15.7 Å². The lowest BCUT2D eigenvalue weighted by Gasteiger charge is -2.02. The summed E-state index contributed by atoms with van der Waals surface area (Å²) in [5, 5.41) is 20.1. The molecular weight excluding hydrogens is 272 g/mol. The molecule has 0 unspecified atom stereocenters. The third kappa shape index (κ3) is 4.34. The molecule has 2 rings (SSSR count). The highest BCUT2D eigenvalue weighted by Crippen LogP contribution is 2.16. The Labute approximate surface area is 121 Å². The van der Waals surface area contributed by atoms with E-state index in [1.54, 1.807) is 6.07 Å². The molecule has 0 saturated heterocycles. The zero-order valence-corrected chi connectivity index (χ0v) is 11.3. The van der Waals surface area contributed by atoms with Crippen molar-refractivity contribution in [3.05, 3.63) is 42.1 Å². The number of amides is 2. The van der Waals surface area contributed by atoms with Gasteiger partial charge in [0.15, 0.2) is 5.69 Å². The van der Waals surface area contributed by atoms with Crippen LogP contribution in [0.5, 0.6) is 0 Å². The smallest absolute Gasteiger partial charge is 0.404 e. The fraction of sp³-hybridized carbons (Fsp3) is 0.214. The fourth-order valence-corrected chi connectivity index (χ4v) is 1.78. The molecule has 1 heterocycles. The van der Waals surface area contributed by atoms with E-state index in [4.69, 9.17) is 5.11 Å². The Balaban J connectivity index is 1.84. The van der Waals surface area contributed by atoms with Crippen LogP contribution in [0.4, 0.5) is 4.79 Å². The second-order valence-electron chi connectivity index (χ2n) is 4.37. The van der Waals surface area contributed by atoms with Gasteiger partial charge in [0, 0.05) is 13.1 Å². The van der Waals surface area contributed by atoms with Gasteiger partial charge in [-0.2, -0.15) is 5.10 Å². The number of H-pyrrole nitrogens is 1. The number of hydrogen-bond donors (Lipinski definition) is 4. The highest BCUT2D eigenvalue weighted by Gasteiger charge is 2.10. The van der Waals surface area contributed by atoms with Gasteiger partial charge in [-0.15, -0.1) is 0 Å². The maximum Gasteiger partial charge on any atom is 0.404 e. The summed E-state index contributed by atoms with van der Waals surface area (Å²) >= 11 is 0. The lowest BCUT2D eigenvalue weighted by Crippen LogP contribution is -2.29. The van der Waals surface area contributed by atoms with Crippen molar-refractivity contribution in [2.45, 2.75) is 6.42 Å². The monoisotopic (exact) mass is 288 g/mol. The summed E-state index contributed by atoms with van der Waals surface area (Å²) in [4.78, 5) is 22.1. The number of aromatic amines is 1. The standard InChI is InChI=1S/C14H16N4O3/c19-13(15-7-4-8-16-14(20)21)12-9-11(17-18-12)10-5-2-1-3-6-10/h1-3,5-6,9,16H,4,7-8H2,(H,15,19)(H,17,18)(H,20,21). The minimum atomic E-state index is -1.07. The van der Waals surface area contributed by atoms with Gasteiger partial charge in [0.05, 0.1) is 5.69 Å². The lowest BCUT2D eigenvalue weighted by atomic mass is 10.1. The number of aromatic nitrogens is 2. The molecular formula is C14H16N4O3. The van der Waals surface area contributed by atoms with Gasteiger partial charge in [-0.3, -0.25) is 9.89 Å². The zero-order valence-electron chi connectivity index (χ0n) is 11.3. The summed E-state index contributed by atoms with van der Waals surface area (Å²) in [6, 6.07) is 11.3. The maximum atomic E-state index is 11.9. The van der Waals surface area contributed by atoms with Crippen LogP contribution in [0.15, 0.2) is 36.4 Å². The molecule has 0 fully saturated rings. The molecule has 1 aromatic heterocycles. The quantitative estimate of drug-likeness (QED) is 0.604. The molecule has 110 valence electrons. The normalized spacial score (nSPS) is 10.1. The number of nitrogens with zero attached hydrogens (tertiary/aromatic N) is 1. The van der Waals surface area contributed by atoms with E-state index in [9.17, 15) is 9.59 Å². The van der Waals surface area contributed by atoms with Crippen LogP contribution >= 0.6 is 0 Å². The van der Waals surface area contributed by atoms with Crippen molar-refractivity contribution in [3.8, 4) is 11.3 Å². The Hall–Kier alpha value is -2.83. The second-order valence-corrected chi connectivity index (χ2v) is 4.37. The Morgan fingerprint density at radius 1 is 1.14 bits per heavy atom. The van der Waals surface area contributed by atoms with Crippen molar-refractivity contribution in [1.29, 1.82) is 0 Å². The Kier molecular flexibility index (Phi) is 4.92. The summed E-state index contributed by atoms with van der Waals surface area (Å²) in [5.41, 5.74) is 2.03. The van der Waals surface area contributed by atoms with Gasteiger partial charge in [0.25, 0.3) is 5.91 Å². The van der Waals surface area contributed by atoms with Crippen LogP contribution in [0, 0.1) is 0 Å². The van der Waals surface area contributed by atoms with Crippen LogP contribution in [0.2, 0.25) is 0 Å². The number of rotatable bonds is 6. The number of carboxylic acid groups (broad SMARTS) is 1. The first-order chi connectivity index (χ1) is 10.2. The van der Waals surface area contributed by atoms with E-state index in [0.717, 1.165) is 11.3 Å². The van der Waals surface area contributed by atoms with Crippen LogP contribution < -0.4 is 10.6 Å². The van der Waals surface area contributed by atoms with Crippen LogP contribution in [-0.4, -0.2) is 40.4 Å². The first-order valence-electron chi connectivity index (χ1n) is 6.52. The van der Waals surface area contributed by atoms with Crippen molar-refractivity contribution in [2.24, 2.45) is 0 Å². The lowest BCUT2D eigenvalue weighted by molar-refractivity contribution is 0.0948. The number of carbonyl (C=O) groups is 2. The first kappa shape index (κ1) is 14.6. The van der Waals surface area contributed by atoms with E-state index in [1.165, 1.54) is 0 Å². The number of benzene rings is 1. The molecule has 0 saturated carbocycles. The topological polar surface area (TPSA) is 107 Å². The molecule has 0 radical (unpaired) electrons. The van der Waals surface area contributed by atoms with E-state index in [0.29, 0.717) is 25.2 Å². The van der Waals surface area contributed by atoms with Gasteiger partial charge in [0.1, 0.15) is 0 Å². The fourth-order valence-electron chi connectivity index (χ4n) is 1.78. The first-order valence-corrected chi connectivity index (χ1v) is 6.52. The molecule has 0 spiro atoms. The summed E-state index contributed by atoms with van der Waals surface area (Å²) in [6.45, 7) is 0.679. The highest BCUT2D eigenvalue weighted by atomic mass is 16.4. The molecule has 0 bridgehead atoms. The van der Waals surface area contributed by atoms with Crippen LogP contribution in [0.1, 0.15) is 16.9 Å². The van der Waals surface area contributed by atoms with E-state index in [2.05, 4.69) is 20.8 Å². The molecule has 0 aliphatic heterocycles. The molecule has 0 aliphatic carbocycles. The largest absolute Gasteiger partial charge is 0.465 e. The van der Waals surface area contributed by atoms with Crippen molar-refractivity contribution >= 4 is 12.0 Å². The third-order valence-corrected chi connectivity index (χ3v) is 2.81. The second kappa shape index (κ2) is 7.09. The summed E-state index contributed by atoms with van der Waals surface area (Å²) in [7, 11) is 0. The van der Waals surface area contributed by atoms with E-state index in [-0.39, 0.29) is 5.91 Å². The number of nitrogens with one attached hydrogen (secondary N) is 3. The molecule has 2 aromatic rings. The average Bonchev–Trinajstić information content (AvgIpc) is 2.97. The summed E-state index contributed by atoms with van der Waals surface area (Å²) in [5.74, 6) is -0.288. The molecule has 7 nitrogen and oxygen atoms in total. The Bertz CT molecular complexity index is 610. The van der Waals surface area contributed by atoms with Gasteiger partial charge >= 0.3 is 6.09 Å². The zero-order chi connectivity index (χ0) is 15.1. The molecule has 0 aliphatic rings. The Morgan fingerprint density at radius 3 is 2.57 bits per heavy atom. The van der Waals surface area contributed by atoms with Gasteiger partial charge in [-0.25, -0.2) is 4.79 Å². The highest BCUT2D eigenvalue weighted by molar-refractivity contribution is 5.93. The van der Waals surface area contributed by atoms with Crippen molar-refractivity contribution in [3.63, 3.8) is 0 Å². The number of hydrogen-bond acceptors (Lipinski definition) is 3. The molecule has 1 aromatic carbocycles. The minimum absolute atomic E-state index is 0.288. The van der Waals surface area contributed by atoms with E-state index < -0.39 is 6.09 Å². The van der Waals surface area contributed by atoms with Crippen LogP contribution in [0.25, 0.3) is 11.3 Å². The van der Waals surface area contributed by atoms with Gasteiger partial charge in [-0.05, 0) is 18.1 Å². The predicted octanol–water partition coefficient (Wildman–Crippen LogP) is 1.46. The minimum Gasteiger partial charge on any atom is -0.465 e. The van der Waals surface area contributed by atoms with Crippen LogP contribution in [0.3, 0.4) is 0 Å². The molecule has 21 heavy (non-hydrogen) atoms. The van der Waals surface area contributed by atoms with Crippen LogP contribution in [-0.2, 0) is 0 Å². The summed E-state index contributed by atoms with van der Waals surface area (Å²) < 4.78 is 0. The maximum absolute atomic E-state index is 11.9. The van der Waals surface area contributed by atoms with E-state index >= 15 is 0 Å². The van der Waals surface area contributed by atoms with Crippen molar-refractivity contribution in [1.82, 2.24) is 20.8 Å². The summed E-state index contributed by atoms with van der Waals surface area (Å²) in [6.07, 6.45) is -0.547.